The summed E-state index contributed by atoms with van der Waals surface area (Å²) in [4.78, 5) is 0. The van der Waals surface area contributed by atoms with Crippen LogP contribution in [0.3, 0.4) is 0 Å². The molecule has 0 aliphatic carbocycles. The van der Waals surface area contributed by atoms with Gasteiger partial charge >= 0.3 is 0 Å². The smallest absolute Gasteiger partial charge is 0.261 e. The Morgan fingerprint density at radius 2 is 2.33 bits per heavy atom. The van der Waals surface area contributed by atoms with Crippen LogP contribution < -0.4 is 5.73 Å². The van der Waals surface area contributed by atoms with Crippen molar-refractivity contribution < 1.29 is 18.3 Å². The summed E-state index contributed by atoms with van der Waals surface area (Å²) >= 11 is 0. The maximum Gasteiger partial charge on any atom is 0.261 e. The molecule has 1 rings (SSSR count). The summed E-state index contributed by atoms with van der Waals surface area (Å²) in [7, 11) is 0. The zero-order valence-corrected chi connectivity index (χ0v) is 8.62. The van der Waals surface area contributed by atoms with Gasteiger partial charge in [0.15, 0.2) is 0 Å². The molecule has 0 saturated heterocycles. The molecule has 3 nitrogen and oxygen atoms in total. The van der Waals surface area contributed by atoms with Crippen LogP contribution in [0.1, 0.15) is 19.3 Å². The SMILES string of the molecule is NC(CCOCC(F)F)C1=COCCC1. The third-order valence-corrected chi connectivity index (χ3v) is 2.26. The normalized spacial score (nSPS) is 18.5. The van der Waals surface area contributed by atoms with Crippen LogP contribution in [-0.2, 0) is 9.47 Å². The average Bonchev–Trinajstić information content (AvgIpc) is 2.25. The van der Waals surface area contributed by atoms with Crippen LogP contribution in [0.5, 0.6) is 0 Å². The van der Waals surface area contributed by atoms with Gasteiger partial charge in [-0.15, -0.1) is 0 Å². The summed E-state index contributed by atoms with van der Waals surface area (Å²) in [6.07, 6.45) is 1.73. The summed E-state index contributed by atoms with van der Waals surface area (Å²) in [6, 6.07) is -0.136. The van der Waals surface area contributed by atoms with E-state index in [1.165, 1.54) is 0 Å². The molecule has 15 heavy (non-hydrogen) atoms. The van der Waals surface area contributed by atoms with Crippen LogP contribution >= 0.6 is 0 Å². The molecular formula is C10H17F2NO2. The molecule has 0 aromatic heterocycles. The maximum atomic E-state index is 11.7. The second kappa shape index (κ2) is 6.74. The highest BCUT2D eigenvalue weighted by Gasteiger charge is 2.13. The molecule has 0 bridgehead atoms. The van der Waals surface area contributed by atoms with Crippen LogP contribution in [0.2, 0.25) is 0 Å². The highest BCUT2D eigenvalue weighted by molar-refractivity contribution is 5.08. The highest BCUT2D eigenvalue weighted by atomic mass is 19.3. The van der Waals surface area contributed by atoms with Crippen molar-refractivity contribution in [3.63, 3.8) is 0 Å². The van der Waals surface area contributed by atoms with Crippen molar-refractivity contribution in [2.75, 3.05) is 19.8 Å². The van der Waals surface area contributed by atoms with Crippen molar-refractivity contribution in [2.24, 2.45) is 5.73 Å². The number of rotatable bonds is 6. The Hall–Kier alpha value is -0.680. The number of ether oxygens (including phenoxy) is 2. The molecule has 0 aromatic carbocycles. The van der Waals surface area contributed by atoms with E-state index in [1.807, 2.05) is 0 Å². The fraction of sp³-hybridized carbons (Fsp3) is 0.800. The standard InChI is InChI=1S/C10H17F2NO2/c11-10(12)7-15-5-3-9(13)8-2-1-4-14-6-8/h6,9-10H,1-5,7,13H2. The molecule has 0 spiro atoms. The fourth-order valence-electron chi connectivity index (χ4n) is 1.43. The molecule has 0 amide bonds. The Morgan fingerprint density at radius 1 is 1.53 bits per heavy atom. The van der Waals surface area contributed by atoms with Gasteiger partial charge in [-0.25, -0.2) is 8.78 Å². The van der Waals surface area contributed by atoms with E-state index in [0.717, 1.165) is 25.0 Å². The third-order valence-electron chi connectivity index (χ3n) is 2.26. The van der Waals surface area contributed by atoms with Crippen molar-refractivity contribution in [3.8, 4) is 0 Å². The lowest BCUT2D eigenvalue weighted by Crippen LogP contribution is -2.26. The van der Waals surface area contributed by atoms with E-state index in [0.29, 0.717) is 6.42 Å². The van der Waals surface area contributed by atoms with Crippen LogP contribution in [0, 0.1) is 0 Å². The molecule has 1 aliphatic heterocycles. The fourth-order valence-corrected chi connectivity index (χ4v) is 1.43. The Labute approximate surface area is 88.2 Å². The van der Waals surface area contributed by atoms with Crippen LogP contribution in [0.15, 0.2) is 11.8 Å². The summed E-state index contributed by atoms with van der Waals surface area (Å²) in [5, 5.41) is 0. The molecule has 1 heterocycles. The molecule has 88 valence electrons. The van der Waals surface area contributed by atoms with Gasteiger partial charge in [0.2, 0.25) is 0 Å². The zero-order valence-electron chi connectivity index (χ0n) is 8.62. The molecular weight excluding hydrogens is 204 g/mol. The van der Waals surface area contributed by atoms with Crippen molar-refractivity contribution in [2.45, 2.75) is 31.7 Å². The first-order valence-corrected chi connectivity index (χ1v) is 5.12. The van der Waals surface area contributed by atoms with Gasteiger partial charge in [0.25, 0.3) is 6.43 Å². The maximum absolute atomic E-state index is 11.7. The summed E-state index contributed by atoms with van der Waals surface area (Å²) in [5.41, 5.74) is 6.89. The van der Waals surface area contributed by atoms with Crippen LogP contribution in [-0.4, -0.2) is 32.3 Å². The van der Waals surface area contributed by atoms with Gasteiger partial charge in [0, 0.05) is 12.6 Å². The quantitative estimate of drug-likeness (QED) is 0.694. The topological polar surface area (TPSA) is 44.5 Å². The van der Waals surface area contributed by atoms with E-state index in [2.05, 4.69) is 0 Å². The van der Waals surface area contributed by atoms with Gasteiger partial charge in [-0.3, -0.25) is 0 Å². The first kappa shape index (κ1) is 12.4. The zero-order chi connectivity index (χ0) is 11.1. The van der Waals surface area contributed by atoms with Gasteiger partial charge < -0.3 is 15.2 Å². The average molecular weight is 221 g/mol. The first-order chi connectivity index (χ1) is 7.20. The van der Waals surface area contributed by atoms with Gasteiger partial charge in [-0.2, -0.15) is 0 Å². The van der Waals surface area contributed by atoms with Crippen molar-refractivity contribution >= 4 is 0 Å². The summed E-state index contributed by atoms with van der Waals surface area (Å²) in [5.74, 6) is 0. The lowest BCUT2D eigenvalue weighted by Gasteiger charge is -2.19. The van der Waals surface area contributed by atoms with Gasteiger partial charge in [-0.05, 0) is 24.8 Å². The van der Waals surface area contributed by atoms with Crippen LogP contribution in [0.25, 0.3) is 0 Å². The van der Waals surface area contributed by atoms with Crippen molar-refractivity contribution in [3.05, 3.63) is 11.8 Å². The monoisotopic (exact) mass is 221 g/mol. The summed E-state index contributed by atoms with van der Waals surface area (Å²) in [6.45, 7) is 0.489. The molecule has 1 unspecified atom stereocenters. The highest BCUT2D eigenvalue weighted by Crippen LogP contribution is 2.16. The van der Waals surface area contributed by atoms with E-state index in [9.17, 15) is 8.78 Å². The van der Waals surface area contributed by atoms with E-state index >= 15 is 0 Å². The Kier molecular flexibility index (Phi) is 5.57. The molecule has 0 aromatic rings. The molecule has 0 saturated carbocycles. The number of halogens is 2. The number of alkyl halides is 2. The van der Waals surface area contributed by atoms with E-state index < -0.39 is 13.0 Å². The number of nitrogens with two attached hydrogens (primary N) is 1. The predicted octanol–water partition coefficient (Wildman–Crippen LogP) is 1.68. The Balaban J connectivity index is 2.12. The second-order valence-corrected chi connectivity index (χ2v) is 3.53. The Bertz CT molecular complexity index is 210. The van der Waals surface area contributed by atoms with E-state index in [1.54, 1.807) is 6.26 Å². The third kappa shape index (κ3) is 5.09. The van der Waals surface area contributed by atoms with Gasteiger partial charge in [-0.1, -0.05) is 0 Å². The minimum atomic E-state index is -2.40. The lowest BCUT2D eigenvalue weighted by molar-refractivity contribution is 0.0157. The molecule has 5 heteroatoms. The summed E-state index contributed by atoms with van der Waals surface area (Å²) < 4.78 is 33.4. The van der Waals surface area contributed by atoms with Crippen LogP contribution in [0.4, 0.5) is 8.78 Å². The second-order valence-electron chi connectivity index (χ2n) is 3.53. The van der Waals surface area contributed by atoms with E-state index in [4.69, 9.17) is 15.2 Å². The molecule has 1 atom stereocenters. The minimum absolute atomic E-state index is 0.136. The molecule has 0 fully saturated rings. The lowest BCUT2D eigenvalue weighted by atomic mass is 10.0. The van der Waals surface area contributed by atoms with Crippen molar-refractivity contribution in [1.29, 1.82) is 0 Å². The molecule has 1 aliphatic rings. The largest absolute Gasteiger partial charge is 0.501 e. The Morgan fingerprint density at radius 3 is 2.93 bits per heavy atom. The number of hydrogen-bond donors (Lipinski definition) is 1. The first-order valence-electron chi connectivity index (χ1n) is 5.12. The molecule has 0 radical (unpaired) electrons. The predicted molar refractivity (Wildman–Crippen MR) is 52.7 cm³/mol. The van der Waals surface area contributed by atoms with Gasteiger partial charge in [0.1, 0.15) is 6.61 Å². The minimum Gasteiger partial charge on any atom is -0.501 e. The molecule has 2 N–H and O–H groups in total. The number of hydrogen-bond acceptors (Lipinski definition) is 3. The van der Waals surface area contributed by atoms with Crippen molar-refractivity contribution in [1.82, 2.24) is 0 Å². The van der Waals surface area contributed by atoms with Gasteiger partial charge in [0.05, 0.1) is 12.9 Å². The van der Waals surface area contributed by atoms with E-state index in [-0.39, 0.29) is 12.6 Å².